The first kappa shape index (κ1) is 11.6. The van der Waals surface area contributed by atoms with Gasteiger partial charge in [0.15, 0.2) is 0 Å². The van der Waals surface area contributed by atoms with Gasteiger partial charge in [0.25, 0.3) is 0 Å². The van der Waals surface area contributed by atoms with Crippen LogP contribution in [0.4, 0.5) is 0 Å². The Kier molecular flexibility index (Phi) is 3.64. The van der Waals surface area contributed by atoms with Gasteiger partial charge in [-0.25, -0.2) is 0 Å². The highest BCUT2D eigenvalue weighted by molar-refractivity contribution is 5.28. The maximum atomic E-state index is 5.53. The standard InChI is InChI=1S/C13H22N2O/c1-4-10-6-5-7-11-12(8-14-9(2)3)15-16-13(10)11/h9-10,14H,4-8H2,1-3H3. The third-order valence-corrected chi connectivity index (χ3v) is 3.42. The fourth-order valence-electron chi connectivity index (χ4n) is 2.43. The van der Waals surface area contributed by atoms with E-state index in [-0.39, 0.29) is 0 Å². The van der Waals surface area contributed by atoms with Crippen LogP contribution in [-0.2, 0) is 13.0 Å². The molecule has 1 unspecified atom stereocenters. The van der Waals surface area contributed by atoms with Crippen LogP contribution in [0.25, 0.3) is 0 Å². The van der Waals surface area contributed by atoms with E-state index in [0.29, 0.717) is 12.0 Å². The summed E-state index contributed by atoms with van der Waals surface area (Å²) in [6.07, 6.45) is 4.85. The number of fused-ring (bicyclic) bond motifs is 1. The Bertz CT molecular complexity index is 344. The first-order valence-corrected chi connectivity index (χ1v) is 6.43. The molecule has 90 valence electrons. The van der Waals surface area contributed by atoms with E-state index in [1.54, 1.807) is 0 Å². The molecule has 1 aliphatic rings. The second kappa shape index (κ2) is 5.00. The van der Waals surface area contributed by atoms with Crippen LogP contribution in [0.5, 0.6) is 0 Å². The maximum absolute atomic E-state index is 5.53. The van der Waals surface area contributed by atoms with Crippen LogP contribution in [0, 0.1) is 0 Å². The Morgan fingerprint density at radius 1 is 1.50 bits per heavy atom. The van der Waals surface area contributed by atoms with Crippen LogP contribution >= 0.6 is 0 Å². The molecule has 1 atom stereocenters. The van der Waals surface area contributed by atoms with Crippen LogP contribution in [-0.4, -0.2) is 11.2 Å². The van der Waals surface area contributed by atoms with Crippen molar-refractivity contribution in [3.63, 3.8) is 0 Å². The zero-order valence-corrected chi connectivity index (χ0v) is 10.5. The van der Waals surface area contributed by atoms with Crippen LogP contribution in [0.2, 0.25) is 0 Å². The van der Waals surface area contributed by atoms with E-state index in [0.717, 1.165) is 24.4 Å². The van der Waals surface area contributed by atoms with Gasteiger partial charge in [-0.1, -0.05) is 25.9 Å². The fraction of sp³-hybridized carbons (Fsp3) is 0.769. The van der Waals surface area contributed by atoms with E-state index in [1.165, 1.54) is 24.8 Å². The Morgan fingerprint density at radius 2 is 2.31 bits per heavy atom. The molecule has 0 radical (unpaired) electrons. The van der Waals surface area contributed by atoms with E-state index < -0.39 is 0 Å². The lowest BCUT2D eigenvalue weighted by Crippen LogP contribution is -2.23. The Balaban J connectivity index is 2.13. The number of hydrogen-bond donors (Lipinski definition) is 1. The summed E-state index contributed by atoms with van der Waals surface area (Å²) in [5.74, 6) is 1.76. The van der Waals surface area contributed by atoms with Crippen LogP contribution < -0.4 is 5.32 Å². The minimum Gasteiger partial charge on any atom is -0.361 e. The van der Waals surface area contributed by atoms with E-state index in [1.807, 2.05) is 0 Å². The second-order valence-electron chi connectivity index (χ2n) is 5.01. The molecule has 0 saturated heterocycles. The number of nitrogens with zero attached hydrogens (tertiary/aromatic N) is 1. The molecule has 1 N–H and O–H groups in total. The van der Waals surface area contributed by atoms with Gasteiger partial charge >= 0.3 is 0 Å². The molecule has 0 fully saturated rings. The maximum Gasteiger partial charge on any atom is 0.143 e. The molecule has 0 amide bonds. The lowest BCUT2D eigenvalue weighted by Gasteiger charge is -2.18. The molecule has 0 saturated carbocycles. The molecule has 0 aliphatic heterocycles. The Morgan fingerprint density at radius 3 is 3.00 bits per heavy atom. The van der Waals surface area contributed by atoms with Gasteiger partial charge in [-0.3, -0.25) is 0 Å². The van der Waals surface area contributed by atoms with Gasteiger partial charge in [-0.2, -0.15) is 0 Å². The van der Waals surface area contributed by atoms with Crippen molar-refractivity contribution in [1.82, 2.24) is 10.5 Å². The van der Waals surface area contributed by atoms with Gasteiger partial charge < -0.3 is 9.84 Å². The summed E-state index contributed by atoms with van der Waals surface area (Å²) >= 11 is 0. The summed E-state index contributed by atoms with van der Waals surface area (Å²) in [7, 11) is 0. The highest BCUT2D eigenvalue weighted by Gasteiger charge is 2.26. The van der Waals surface area contributed by atoms with Crippen LogP contribution in [0.1, 0.15) is 63.0 Å². The predicted octanol–water partition coefficient (Wildman–Crippen LogP) is 3.00. The summed E-state index contributed by atoms with van der Waals surface area (Å²) < 4.78 is 5.53. The monoisotopic (exact) mass is 222 g/mol. The smallest absolute Gasteiger partial charge is 0.143 e. The second-order valence-corrected chi connectivity index (χ2v) is 5.01. The van der Waals surface area contributed by atoms with Gasteiger partial charge in [-0.05, 0) is 25.7 Å². The summed E-state index contributed by atoms with van der Waals surface area (Å²) in [6, 6.07) is 0.498. The molecular formula is C13H22N2O. The van der Waals surface area contributed by atoms with E-state index in [2.05, 4.69) is 31.2 Å². The summed E-state index contributed by atoms with van der Waals surface area (Å²) in [4.78, 5) is 0. The van der Waals surface area contributed by atoms with Crippen molar-refractivity contribution in [2.75, 3.05) is 0 Å². The van der Waals surface area contributed by atoms with Gasteiger partial charge in [0.05, 0.1) is 0 Å². The first-order valence-electron chi connectivity index (χ1n) is 6.43. The number of rotatable bonds is 4. The van der Waals surface area contributed by atoms with Gasteiger partial charge in [0.2, 0.25) is 0 Å². The largest absolute Gasteiger partial charge is 0.361 e. The minimum atomic E-state index is 0.498. The van der Waals surface area contributed by atoms with Crippen molar-refractivity contribution in [1.29, 1.82) is 0 Å². The normalized spacial score (nSPS) is 20.1. The molecule has 3 nitrogen and oxygen atoms in total. The number of aromatic nitrogens is 1. The topological polar surface area (TPSA) is 38.1 Å². The molecule has 1 aliphatic carbocycles. The molecule has 16 heavy (non-hydrogen) atoms. The zero-order valence-electron chi connectivity index (χ0n) is 10.5. The SMILES string of the molecule is CCC1CCCc2c(CNC(C)C)noc21. The van der Waals surface area contributed by atoms with Crippen molar-refractivity contribution in [3.05, 3.63) is 17.0 Å². The zero-order chi connectivity index (χ0) is 11.5. The van der Waals surface area contributed by atoms with E-state index in [4.69, 9.17) is 4.52 Å². The van der Waals surface area contributed by atoms with Crippen LogP contribution in [0.15, 0.2) is 4.52 Å². The molecule has 1 heterocycles. The minimum absolute atomic E-state index is 0.498. The lowest BCUT2D eigenvalue weighted by molar-refractivity contribution is 0.333. The number of hydrogen-bond acceptors (Lipinski definition) is 3. The van der Waals surface area contributed by atoms with Crippen molar-refractivity contribution in [2.45, 2.75) is 65.0 Å². The average molecular weight is 222 g/mol. The molecule has 0 spiro atoms. The molecule has 0 bridgehead atoms. The molecular weight excluding hydrogens is 200 g/mol. The van der Waals surface area contributed by atoms with Gasteiger partial charge in [0.1, 0.15) is 11.5 Å². The Labute approximate surface area is 97.6 Å². The first-order chi connectivity index (χ1) is 7.72. The summed E-state index contributed by atoms with van der Waals surface area (Å²) in [6.45, 7) is 7.38. The molecule has 3 heteroatoms. The highest BCUT2D eigenvalue weighted by Crippen LogP contribution is 2.35. The molecule has 1 aromatic rings. The fourth-order valence-corrected chi connectivity index (χ4v) is 2.43. The predicted molar refractivity (Wildman–Crippen MR) is 64.4 cm³/mol. The Hall–Kier alpha value is -0.830. The summed E-state index contributed by atoms with van der Waals surface area (Å²) in [5.41, 5.74) is 2.51. The molecule has 0 aromatic carbocycles. The average Bonchev–Trinajstić information content (AvgIpc) is 2.69. The molecule has 1 aromatic heterocycles. The third-order valence-electron chi connectivity index (χ3n) is 3.42. The van der Waals surface area contributed by atoms with Gasteiger partial charge in [-0.15, -0.1) is 0 Å². The quantitative estimate of drug-likeness (QED) is 0.851. The van der Waals surface area contributed by atoms with E-state index >= 15 is 0 Å². The summed E-state index contributed by atoms with van der Waals surface area (Å²) in [5, 5.41) is 7.64. The van der Waals surface area contributed by atoms with Crippen molar-refractivity contribution in [2.24, 2.45) is 0 Å². The molecule has 2 rings (SSSR count). The van der Waals surface area contributed by atoms with Crippen molar-refractivity contribution in [3.8, 4) is 0 Å². The van der Waals surface area contributed by atoms with Gasteiger partial charge in [0, 0.05) is 24.1 Å². The number of nitrogens with one attached hydrogen (secondary N) is 1. The lowest BCUT2D eigenvalue weighted by atomic mass is 9.86. The van der Waals surface area contributed by atoms with E-state index in [9.17, 15) is 0 Å². The van der Waals surface area contributed by atoms with Crippen LogP contribution in [0.3, 0.4) is 0 Å². The third kappa shape index (κ3) is 2.29. The van der Waals surface area contributed by atoms with Crippen molar-refractivity contribution >= 4 is 0 Å². The highest BCUT2D eigenvalue weighted by atomic mass is 16.5. The van der Waals surface area contributed by atoms with Crippen molar-refractivity contribution < 1.29 is 4.52 Å².